The number of carbonyl (C=O) groups excluding carboxylic acids is 1. The summed E-state index contributed by atoms with van der Waals surface area (Å²) in [5.74, 6) is 1.10. The largest absolute Gasteiger partial charge is 0.381 e. The van der Waals surface area contributed by atoms with E-state index in [2.05, 4.69) is 19.2 Å². The molecule has 1 aliphatic carbocycles. The molecule has 0 spiro atoms. The van der Waals surface area contributed by atoms with Gasteiger partial charge in [-0.3, -0.25) is 10.1 Å². The average Bonchev–Trinajstić information content (AvgIpc) is 3.15. The molecule has 2 unspecified atom stereocenters. The molecule has 0 aromatic rings. The summed E-state index contributed by atoms with van der Waals surface area (Å²) in [6.45, 7) is 6.71. The zero-order chi connectivity index (χ0) is 13.0. The number of hydrogen-bond acceptors (Lipinski definition) is 3. The lowest BCUT2D eigenvalue weighted by Crippen LogP contribution is -2.37. The molecular weight excluding hydrogens is 228 g/mol. The fourth-order valence-electron chi connectivity index (χ4n) is 2.52. The van der Waals surface area contributed by atoms with Crippen LogP contribution in [-0.2, 0) is 9.53 Å². The molecule has 4 heteroatoms. The van der Waals surface area contributed by atoms with Crippen molar-refractivity contribution in [1.82, 2.24) is 10.2 Å². The zero-order valence-electron chi connectivity index (χ0n) is 11.7. The van der Waals surface area contributed by atoms with Crippen molar-refractivity contribution in [3.63, 3.8) is 0 Å². The van der Waals surface area contributed by atoms with E-state index in [4.69, 9.17) is 4.74 Å². The monoisotopic (exact) mass is 254 g/mol. The van der Waals surface area contributed by atoms with Gasteiger partial charge in [-0.1, -0.05) is 13.8 Å². The molecule has 2 rings (SSSR count). The van der Waals surface area contributed by atoms with Crippen LogP contribution in [0.5, 0.6) is 0 Å². The van der Waals surface area contributed by atoms with Gasteiger partial charge >= 0.3 is 0 Å². The Bertz CT molecular complexity index is 279. The first-order chi connectivity index (χ1) is 8.76. The Kier molecular flexibility index (Phi) is 5.01. The lowest BCUT2D eigenvalue weighted by Gasteiger charge is -2.22. The highest BCUT2D eigenvalue weighted by Gasteiger charge is 2.36. The Morgan fingerprint density at radius 1 is 1.33 bits per heavy atom. The summed E-state index contributed by atoms with van der Waals surface area (Å²) in [5, 5.41) is 3.39. The van der Waals surface area contributed by atoms with Crippen LogP contribution < -0.4 is 5.32 Å². The van der Waals surface area contributed by atoms with Crippen molar-refractivity contribution in [3.8, 4) is 0 Å². The summed E-state index contributed by atoms with van der Waals surface area (Å²) in [4.78, 5) is 14.1. The van der Waals surface area contributed by atoms with Crippen LogP contribution in [0.15, 0.2) is 0 Å². The third-order valence-electron chi connectivity index (χ3n) is 3.88. The van der Waals surface area contributed by atoms with Gasteiger partial charge in [0.15, 0.2) is 0 Å². The highest BCUT2D eigenvalue weighted by Crippen LogP contribution is 2.28. The lowest BCUT2D eigenvalue weighted by atomic mass is 10.2. The fraction of sp³-hybridized carbons (Fsp3) is 0.929. The van der Waals surface area contributed by atoms with Crippen molar-refractivity contribution in [2.75, 3.05) is 19.8 Å². The van der Waals surface area contributed by atoms with E-state index in [0.29, 0.717) is 0 Å². The first kappa shape index (κ1) is 13.8. The van der Waals surface area contributed by atoms with E-state index in [1.54, 1.807) is 0 Å². The molecule has 18 heavy (non-hydrogen) atoms. The Hall–Kier alpha value is -0.610. The molecule has 2 aliphatic rings. The molecule has 1 amide bonds. The number of ether oxygens (including phenoxy) is 1. The molecule has 2 atom stereocenters. The van der Waals surface area contributed by atoms with Gasteiger partial charge in [0.05, 0.1) is 12.2 Å². The van der Waals surface area contributed by atoms with Crippen LogP contribution in [0.25, 0.3) is 0 Å². The van der Waals surface area contributed by atoms with Crippen LogP contribution in [0, 0.1) is 5.92 Å². The summed E-state index contributed by atoms with van der Waals surface area (Å²) in [5.41, 5.74) is 0. The number of nitrogens with zero attached hydrogens (tertiary/aromatic N) is 1. The Morgan fingerprint density at radius 3 is 2.72 bits per heavy atom. The molecule has 1 saturated carbocycles. The summed E-state index contributed by atoms with van der Waals surface area (Å²) in [7, 11) is 0. The predicted molar refractivity (Wildman–Crippen MR) is 71.2 cm³/mol. The normalized spacial score (nSPS) is 28.1. The van der Waals surface area contributed by atoms with E-state index in [9.17, 15) is 4.79 Å². The number of carbonyl (C=O) groups is 1. The Labute approximate surface area is 110 Å². The second-order valence-electron chi connectivity index (χ2n) is 5.46. The van der Waals surface area contributed by atoms with E-state index in [1.165, 1.54) is 12.8 Å². The SMILES string of the molecule is CCC1NC(CC)N(CCCOCC2CC2)C1=O. The zero-order valence-corrected chi connectivity index (χ0v) is 11.7. The maximum absolute atomic E-state index is 12.1. The molecular formula is C14H26N2O2. The van der Waals surface area contributed by atoms with Gasteiger partial charge in [0.2, 0.25) is 5.91 Å². The second-order valence-corrected chi connectivity index (χ2v) is 5.46. The molecule has 0 aromatic heterocycles. The third kappa shape index (κ3) is 3.45. The Balaban J connectivity index is 1.67. The third-order valence-corrected chi connectivity index (χ3v) is 3.88. The molecule has 1 N–H and O–H groups in total. The molecule has 104 valence electrons. The standard InChI is InChI=1S/C14H26N2O2/c1-3-12-14(17)16(13(4-2)15-12)8-5-9-18-10-11-6-7-11/h11-13,15H,3-10H2,1-2H3. The summed E-state index contributed by atoms with van der Waals surface area (Å²) < 4.78 is 5.62. The minimum atomic E-state index is 0.0299. The van der Waals surface area contributed by atoms with Crippen LogP contribution in [0.1, 0.15) is 46.0 Å². The number of rotatable bonds is 8. The maximum Gasteiger partial charge on any atom is 0.241 e. The topological polar surface area (TPSA) is 41.6 Å². The van der Waals surface area contributed by atoms with Gasteiger partial charge in [0.25, 0.3) is 0 Å². The molecule has 1 aliphatic heterocycles. The summed E-state index contributed by atoms with van der Waals surface area (Å²) in [6.07, 6.45) is 5.71. The minimum Gasteiger partial charge on any atom is -0.381 e. The van der Waals surface area contributed by atoms with Crippen molar-refractivity contribution in [1.29, 1.82) is 0 Å². The smallest absolute Gasteiger partial charge is 0.241 e. The lowest BCUT2D eigenvalue weighted by molar-refractivity contribution is -0.130. The van der Waals surface area contributed by atoms with E-state index in [0.717, 1.165) is 44.9 Å². The second kappa shape index (κ2) is 6.53. The fourth-order valence-corrected chi connectivity index (χ4v) is 2.52. The van der Waals surface area contributed by atoms with Crippen molar-refractivity contribution >= 4 is 5.91 Å². The van der Waals surface area contributed by atoms with E-state index in [1.807, 2.05) is 4.90 Å². The van der Waals surface area contributed by atoms with Crippen LogP contribution in [-0.4, -0.2) is 42.8 Å². The van der Waals surface area contributed by atoms with Gasteiger partial charge in [0, 0.05) is 19.8 Å². The van der Waals surface area contributed by atoms with Gasteiger partial charge in [0.1, 0.15) is 0 Å². The maximum atomic E-state index is 12.1. The summed E-state index contributed by atoms with van der Waals surface area (Å²) >= 11 is 0. The van der Waals surface area contributed by atoms with Crippen LogP contribution in [0.3, 0.4) is 0 Å². The van der Waals surface area contributed by atoms with Crippen molar-refractivity contribution in [3.05, 3.63) is 0 Å². The van der Waals surface area contributed by atoms with Gasteiger partial charge in [-0.05, 0) is 38.0 Å². The minimum absolute atomic E-state index is 0.0299. The van der Waals surface area contributed by atoms with Gasteiger partial charge in [-0.2, -0.15) is 0 Å². The van der Waals surface area contributed by atoms with E-state index >= 15 is 0 Å². The molecule has 4 nitrogen and oxygen atoms in total. The van der Waals surface area contributed by atoms with Gasteiger partial charge < -0.3 is 9.64 Å². The molecule has 2 fully saturated rings. The number of nitrogens with one attached hydrogen (secondary N) is 1. The molecule has 0 radical (unpaired) electrons. The molecule has 0 aromatic carbocycles. The van der Waals surface area contributed by atoms with Gasteiger partial charge in [-0.15, -0.1) is 0 Å². The van der Waals surface area contributed by atoms with Gasteiger partial charge in [-0.25, -0.2) is 0 Å². The van der Waals surface area contributed by atoms with Crippen molar-refractivity contribution in [2.45, 2.75) is 58.2 Å². The molecule has 0 bridgehead atoms. The average molecular weight is 254 g/mol. The molecule has 1 heterocycles. The van der Waals surface area contributed by atoms with E-state index in [-0.39, 0.29) is 18.1 Å². The number of hydrogen-bond donors (Lipinski definition) is 1. The van der Waals surface area contributed by atoms with E-state index < -0.39 is 0 Å². The first-order valence-electron chi connectivity index (χ1n) is 7.40. The van der Waals surface area contributed by atoms with Crippen molar-refractivity contribution in [2.24, 2.45) is 5.92 Å². The predicted octanol–water partition coefficient (Wildman–Crippen LogP) is 1.75. The Morgan fingerprint density at radius 2 is 2.11 bits per heavy atom. The van der Waals surface area contributed by atoms with Crippen LogP contribution in [0.4, 0.5) is 0 Å². The summed E-state index contributed by atoms with van der Waals surface area (Å²) in [6, 6.07) is 0.0299. The quantitative estimate of drug-likeness (QED) is 0.671. The van der Waals surface area contributed by atoms with Crippen LogP contribution in [0.2, 0.25) is 0 Å². The molecule has 1 saturated heterocycles. The number of amides is 1. The van der Waals surface area contributed by atoms with Crippen LogP contribution >= 0.6 is 0 Å². The van der Waals surface area contributed by atoms with Crippen molar-refractivity contribution < 1.29 is 9.53 Å². The highest BCUT2D eigenvalue weighted by atomic mass is 16.5. The highest BCUT2D eigenvalue weighted by molar-refractivity contribution is 5.84. The first-order valence-corrected chi connectivity index (χ1v) is 7.40.